The van der Waals surface area contributed by atoms with Crippen LogP contribution in [-0.4, -0.2) is 66.6 Å². The Kier molecular flexibility index (Phi) is 4.48. The number of carbonyl (C=O) groups excluding carboxylic acids is 1. The SMILES string of the molecule is Cc1cc(CN2CCN(C(=O)[C@H](C)n3cnc4c(N)ncnc43)CC2)on1. The summed E-state index contributed by atoms with van der Waals surface area (Å²) < 4.78 is 7.02. The van der Waals surface area contributed by atoms with Crippen molar-refractivity contribution in [3.8, 4) is 0 Å². The molecule has 1 saturated heterocycles. The zero-order valence-electron chi connectivity index (χ0n) is 15.4. The zero-order valence-corrected chi connectivity index (χ0v) is 15.4. The number of hydrogen-bond donors (Lipinski definition) is 1. The van der Waals surface area contributed by atoms with Crippen LogP contribution in [0.3, 0.4) is 0 Å². The fourth-order valence-electron chi connectivity index (χ4n) is 3.37. The highest BCUT2D eigenvalue weighted by Gasteiger charge is 2.27. The van der Waals surface area contributed by atoms with Crippen LogP contribution < -0.4 is 5.73 Å². The summed E-state index contributed by atoms with van der Waals surface area (Å²) in [5, 5.41) is 3.91. The average molecular weight is 370 g/mol. The molecule has 0 aromatic carbocycles. The Balaban J connectivity index is 1.40. The molecule has 1 amide bonds. The number of rotatable bonds is 4. The van der Waals surface area contributed by atoms with Gasteiger partial charge in [-0.2, -0.15) is 0 Å². The Labute approximate surface area is 156 Å². The van der Waals surface area contributed by atoms with Crippen LogP contribution in [0.25, 0.3) is 11.2 Å². The van der Waals surface area contributed by atoms with E-state index >= 15 is 0 Å². The van der Waals surface area contributed by atoms with Gasteiger partial charge < -0.3 is 19.7 Å². The van der Waals surface area contributed by atoms with Gasteiger partial charge in [0.05, 0.1) is 18.6 Å². The van der Waals surface area contributed by atoms with Gasteiger partial charge in [0.1, 0.15) is 17.9 Å². The van der Waals surface area contributed by atoms with Crippen molar-refractivity contribution in [3.63, 3.8) is 0 Å². The first-order valence-corrected chi connectivity index (χ1v) is 8.89. The Morgan fingerprint density at radius 1 is 1.26 bits per heavy atom. The lowest BCUT2D eigenvalue weighted by molar-refractivity contribution is -0.136. The molecule has 0 unspecified atom stereocenters. The lowest BCUT2D eigenvalue weighted by Crippen LogP contribution is -2.49. The smallest absolute Gasteiger partial charge is 0.245 e. The van der Waals surface area contributed by atoms with Gasteiger partial charge in [-0.15, -0.1) is 0 Å². The molecule has 27 heavy (non-hydrogen) atoms. The molecular weight excluding hydrogens is 348 g/mol. The van der Waals surface area contributed by atoms with Crippen LogP contribution in [0, 0.1) is 6.92 Å². The van der Waals surface area contributed by atoms with Crippen molar-refractivity contribution >= 4 is 22.9 Å². The largest absolute Gasteiger partial charge is 0.382 e. The number of anilines is 1. The topological polar surface area (TPSA) is 119 Å². The fourth-order valence-corrected chi connectivity index (χ4v) is 3.37. The van der Waals surface area contributed by atoms with Crippen LogP contribution in [-0.2, 0) is 11.3 Å². The number of amides is 1. The molecule has 1 aliphatic rings. The molecule has 0 bridgehead atoms. The molecule has 0 saturated carbocycles. The third kappa shape index (κ3) is 3.35. The van der Waals surface area contributed by atoms with E-state index in [0.717, 1.165) is 24.5 Å². The van der Waals surface area contributed by atoms with Gasteiger partial charge in [0.15, 0.2) is 17.2 Å². The monoisotopic (exact) mass is 370 g/mol. The number of fused-ring (bicyclic) bond motifs is 1. The molecule has 3 aromatic heterocycles. The Morgan fingerprint density at radius 2 is 2.04 bits per heavy atom. The van der Waals surface area contributed by atoms with E-state index in [9.17, 15) is 4.79 Å². The molecule has 10 nitrogen and oxygen atoms in total. The molecule has 3 aromatic rings. The molecule has 1 aliphatic heterocycles. The summed E-state index contributed by atoms with van der Waals surface area (Å²) in [5.74, 6) is 1.21. The highest BCUT2D eigenvalue weighted by molar-refractivity contribution is 5.85. The van der Waals surface area contributed by atoms with Gasteiger partial charge in [-0.3, -0.25) is 9.69 Å². The maximum absolute atomic E-state index is 12.9. The number of hydrogen-bond acceptors (Lipinski definition) is 8. The quantitative estimate of drug-likeness (QED) is 0.709. The van der Waals surface area contributed by atoms with Gasteiger partial charge in [-0.1, -0.05) is 5.16 Å². The van der Waals surface area contributed by atoms with Crippen molar-refractivity contribution in [3.05, 3.63) is 30.2 Å². The molecule has 1 atom stereocenters. The lowest BCUT2D eigenvalue weighted by Gasteiger charge is -2.35. The van der Waals surface area contributed by atoms with Crippen molar-refractivity contribution in [2.24, 2.45) is 0 Å². The van der Waals surface area contributed by atoms with E-state index in [4.69, 9.17) is 10.3 Å². The van der Waals surface area contributed by atoms with Gasteiger partial charge in [-0.05, 0) is 13.8 Å². The highest BCUT2D eigenvalue weighted by atomic mass is 16.5. The average Bonchev–Trinajstić information content (AvgIpc) is 3.28. The van der Waals surface area contributed by atoms with Crippen LogP contribution in [0.5, 0.6) is 0 Å². The van der Waals surface area contributed by atoms with E-state index in [0.29, 0.717) is 36.6 Å². The second-order valence-electron chi connectivity index (χ2n) is 6.79. The van der Waals surface area contributed by atoms with Crippen LogP contribution in [0.2, 0.25) is 0 Å². The van der Waals surface area contributed by atoms with Crippen molar-refractivity contribution < 1.29 is 9.32 Å². The summed E-state index contributed by atoms with van der Waals surface area (Å²) in [6.07, 6.45) is 2.98. The Hall–Kier alpha value is -3.01. The molecule has 0 radical (unpaired) electrons. The predicted molar refractivity (Wildman–Crippen MR) is 97.5 cm³/mol. The standard InChI is InChI=1S/C17H22N8O2/c1-11-7-13(27-22-11)8-23-3-5-24(6-4-23)17(26)12(2)25-10-21-14-15(18)19-9-20-16(14)25/h7,9-10,12H,3-6,8H2,1-2H3,(H2,18,19,20)/t12-/m0/s1. The molecule has 4 heterocycles. The molecule has 0 aliphatic carbocycles. The molecule has 142 valence electrons. The summed E-state index contributed by atoms with van der Waals surface area (Å²) in [6.45, 7) is 7.38. The number of imidazole rings is 1. The number of nitrogens with zero attached hydrogens (tertiary/aromatic N) is 7. The van der Waals surface area contributed by atoms with Crippen molar-refractivity contribution in [2.75, 3.05) is 31.9 Å². The van der Waals surface area contributed by atoms with E-state index < -0.39 is 6.04 Å². The van der Waals surface area contributed by atoms with Crippen molar-refractivity contribution in [1.29, 1.82) is 0 Å². The van der Waals surface area contributed by atoms with Crippen molar-refractivity contribution in [1.82, 2.24) is 34.5 Å². The maximum atomic E-state index is 12.9. The normalized spacial score (nSPS) is 16.7. The third-order valence-corrected chi connectivity index (χ3v) is 4.90. The first-order chi connectivity index (χ1) is 13.0. The number of carbonyl (C=O) groups is 1. The van der Waals surface area contributed by atoms with Gasteiger partial charge in [0.2, 0.25) is 5.91 Å². The first-order valence-electron chi connectivity index (χ1n) is 8.89. The van der Waals surface area contributed by atoms with E-state index in [-0.39, 0.29) is 5.91 Å². The van der Waals surface area contributed by atoms with Gasteiger partial charge in [0.25, 0.3) is 0 Å². The Morgan fingerprint density at radius 3 is 2.74 bits per heavy atom. The number of aryl methyl sites for hydroxylation is 1. The summed E-state index contributed by atoms with van der Waals surface area (Å²) in [6, 6.07) is 1.53. The van der Waals surface area contributed by atoms with E-state index in [1.54, 1.807) is 10.9 Å². The minimum Gasteiger partial charge on any atom is -0.382 e. The van der Waals surface area contributed by atoms with Crippen molar-refractivity contribution in [2.45, 2.75) is 26.4 Å². The summed E-state index contributed by atoms with van der Waals surface area (Å²) in [4.78, 5) is 29.5. The van der Waals surface area contributed by atoms with E-state index in [1.165, 1.54) is 6.33 Å². The van der Waals surface area contributed by atoms with Gasteiger partial charge >= 0.3 is 0 Å². The molecule has 2 N–H and O–H groups in total. The number of aromatic nitrogens is 5. The summed E-state index contributed by atoms with van der Waals surface area (Å²) in [5.41, 5.74) is 7.80. The molecular formula is C17H22N8O2. The number of piperazine rings is 1. The van der Waals surface area contributed by atoms with E-state index in [2.05, 4.69) is 25.0 Å². The predicted octanol–water partition coefficient (Wildman–Crippen LogP) is 0.610. The lowest BCUT2D eigenvalue weighted by atomic mass is 10.2. The van der Waals surface area contributed by atoms with E-state index in [1.807, 2.05) is 24.8 Å². The molecule has 0 spiro atoms. The molecule has 10 heteroatoms. The molecule has 1 fully saturated rings. The minimum atomic E-state index is -0.409. The van der Waals surface area contributed by atoms with Crippen LogP contribution >= 0.6 is 0 Å². The number of nitrogen functional groups attached to an aromatic ring is 1. The van der Waals surface area contributed by atoms with Gasteiger partial charge in [0, 0.05) is 32.2 Å². The highest BCUT2D eigenvalue weighted by Crippen LogP contribution is 2.21. The number of nitrogens with two attached hydrogens (primary N) is 1. The second-order valence-corrected chi connectivity index (χ2v) is 6.79. The maximum Gasteiger partial charge on any atom is 0.245 e. The summed E-state index contributed by atoms with van der Waals surface area (Å²) in [7, 11) is 0. The van der Waals surface area contributed by atoms with Crippen LogP contribution in [0.1, 0.15) is 24.4 Å². The minimum absolute atomic E-state index is 0.0432. The summed E-state index contributed by atoms with van der Waals surface area (Å²) >= 11 is 0. The van der Waals surface area contributed by atoms with Crippen LogP contribution in [0.15, 0.2) is 23.2 Å². The third-order valence-electron chi connectivity index (χ3n) is 4.90. The second kappa shape index (κ2) is 6.95. The Bertz CT molecular complexity index is 957. The molecule has 4 rings (SSSR count). The zero-order chi connectivity index (χ0) is 19.0. The fraction of sp³-hybridized carbons (Fsp3) is 0.471. The van der Waals surface area contributed by atoms with Gasteiger partial charge in [-0.25, -0.2) is 15.0 Å². The van der Waals surface area contributed by atoms with Crippen LogP contribution in [0.4, 0.5) is 5.82 Å². The first kappa shape index (κ1) is 17.4.